The molecule has 25 heavy (non-hydrogen) atoms. The molecule has 1 amide bonds. The molecule has 3 heterocycles. The van der Waals surface area contributed by atoms with E-state index in [1.165, 1.54) is 11.3 Å². The maximum absolute atomic E-state index is 12.8. The minimum atomic E-state index is -0.751. The summed E-state index contributed by atoms with van der Waals surface area (Å²) >= 11 is 1.20. The van der Waals surface area contributed by atoms with Crippen molar-refractivity contribution < 1.29 is 14.3 Å². The lowest BCUT2D eigenvalue weighted by atomic mass is 10.1. The standard InChI is InChI=1S/C17H21N3O4S/c1-4-24-17(23)10(3)18-14(21)13-9(2)12-15(25-13)19-11-7-5-6-8-20(11)16(12)22/h10H,4-8H2,1-3H3,(H,18,21). The third kappa shape index (κ3) is 3.18. The van der Waals surface area contributed by atoms with Crippen LogP contribution in [0.4, 0.5) is 0 Å². The molecule has 2 aromatic heterocycles. The molecular weight excluding hydrogens is 342 g/mol. The van der Waals surface area contributed by atoms with Gasteiger partial charge in [-0.1, -0.05) is 0 Å². The quantitative estimate of drug-likeness (QED) is 0.837. The number of aryl methyl sites for hydroxylation is 2. The van der Waals surface area contributed by atoms with Gasteiger partial charge in [-0.05, 0) is 39.2 Å². The van der Waals surface area contributed by atoms with Gasteiger partial charge in [0.15, 0.2) is 0 Å². The molecule has 0 spiro atoms. The summed E-state index contributed by atoms with van der Waals surface area (Å²) in [4.78, 5) is 42.6. The smallest absolute Gasteiger partial charge is 0.328 e. The minimum Gasteiger partial charge on any atom is -0.464 e. The monoisotopic (exact) mass is 363 g/mol. The Morgan fingerprint density at radius 2 is 2.16 bits per heavy atom. The predicted octanol–water partition coefficient (Wildman–Crippen LogP) is 1.78. The van der Waals surface area contributed by atoms with Crippen molar-refractivity contribution >= 4 is 33.4 Å². The summed E-state index contributed by atoms with van der Waals surface area (Å²) in [5, 5.41) is 3.14. The van der Waals surface area contributed by atoms with Crippen molar-refractivity contribution in [1.29, 1.82) is 0 Å². The van der Waals surface area contributed by atoms with E-state index in [-0.39, 0.29) is 18.1 Å². The van der Waals surface area contributed by atoms with Crippen LogP contribution in [0.2, 0.25) is 0 Å². The van der Waals surface area contributed by atoms with Crippen LogP contribution in [-0.2, 0) is 22.5 Å². The summed E-state index contributed by atoms with van der Waals surface area (Å²) in [6.45, 7) is 5.97. The number of ether oxygens (including phenoxy) is 1. The van der Waals surface area contributed by atoms with Gasteiger partial charge in [-0.15, -0.1) is 11.3 Å². The minimum absolute atomic E-state index is 0.0778. The second-order valence-corrected chi connectivity index (χ2v) is 7.12. The topological polar surface area (TPSA) is 90.3 Å². The Bertz CT molecular complexity index is 899. The Balaban J connectivity index is 1.96. The number of esters is 1. The van der Waals surface area contributed by atoms with Gasteiger partial charge < -0.3 is 10.1 Å². The van der Waals surface area contributed by atoms with E-state index >= 15 is 0 Å². The van der Waals surface area contributed by atoms with Crippen molar-refractivity contribution in [2.75, 3.05) is 6.61 Å². The molecule has 1 atom stereocenters. The fraction of sp³-hybridized carbons (Fsp3) is 0.529. The fourth-order valence-electron chi connectivity index (χ4n) is 3.04. The first-order valence-corrected chi connectivity index (χ1v) is 9.26. The lowest BCUT2D eigenvalue weighted by Gasteiger charge is -2.16. The molecule has 1 N–H and O–H groups in total. The number of aromatic nitrogens is 2. The van der Waals surface area contributed by atoms with E-state index in [4.69, 9.17) is 4.74 Å². The Hall–Kier alpha value is -2.22. The number of fused-ring (bicyclic) bond motifs is 2. The third-order valence-electron chi connectivity index (χ3n) is 4.36. The van der Waals surface area contributed by atoms with Gasteiger partial charge in [0.2, 0.25) is 0 Å². The van der Waals surface area contributed by atoms with Crippen LogP contribution in [0.3, 0.4) is 0 Å². The molecule has 3 rings (SSSR count). The van der Waals surface area contributed by atoms with Crippen LogP contribution < -0.4 is 10.9 Å². The molecule has 0 fully saturated rings. The van der Waals surface area contributed by atoms with Gasteiger partial charge >= 0.3 is 5.97 Å². The first kappa shape index (κ1) is 17.6. The molecule has 0 aromatic carbocycles. The van der Waals surface area contributed by atoms with Gasteiger partial charge in [0.1, 0.15) is 16.7 Å². The van der Waals surface area contributed by atoms with Gasteiger partial charge in [0.25, 0.3) is 11.5 Å². The molecule has 1 unspecified atom stereocenters. The van der Waals surface area contributed by atoms with E-state index in [1.807, 2.05) is 0 Å². The summed E-state index contributed by atoms with van der Waals surface area (Å²) in [6, 6.07) is -0.751. The molecule has 0 aliphatic carbocycles. The van der Waals surface area contributed by atoms with Gasteiger partial charge in [0.05, 0.1) is 16.9 Å². The third-order valence-corrected chi connectivity index (χ3v) is 5.54. The molecule has 0 bridgehead atoms. The fourth-order valence-corrected chi connectivity index (χ4v) is 4.13. The van der Waals surface area contributed by atoms with E-state index < -0.39 is 12.0 Å². The molecule has 2 aromatic rings. The number of hydrogen-bond donors (Lipinski definition) is 1. The number of nitrogens with one attached hydrogen (secondary N) is 1. The van der Waals surface area contributed by atoms with Crippen LogP contribution in [0.1, 0.15) is 47.7 Å². The molecular formula is C17H21N3O4S. The highest BCUT2D eigenvalue weighted by atomic mass is 32.1. The van der Waals surface area contributed by atoms with Gasteiger partial charge in [-0.25, -0.2) is 9.78 Å². The normalized spacial score (nSPS) is 14.8. The zero-order chi connectivity index (χ0) is 18.1. The predicted molar refractivity (Wildman–Crippen MR) is 95.1 cm³/mol. The van der Waals surface area contributed by atoms with Crippen molar-refractivity contribution in [3.8, 4) is 0 Å². The number of thiophene rings is 1. The van der Waals surface area contributed by atoms with Gasteiger partial charge in [-0.3, -0.25) is 14.2 Å². The summed E-state index contributed by atoms with van der Waals surface area (Å²) in [5.41, 5.74) is 0.540. The number of amides is 1. The summed E-state index contributed by atoms with van der Waals surface area (Å²) < 4.78 is 6.62. The van der Waals surface area contributed by atoms with E-state index in [0.717, 1.165) is 25.1 Å². The Labute approximate surface area is 149 Å². The van der Waals surface area contributed by atoms with Crippen LogP contribution in [0.5, 0.6) is 0 Å². The van der Waals surface area contributed by atoms with Crippen LogP contribution in [-0.4, -0.2) is 34.1 Å². The first-order valence-electron chi connectivity index (χ1n) is 8.44. The van der Waals surface area contributed by atoms with Crippen LogP contribution in [0.15, 0.2) is 4.79 Å². The van der Waals surface area contributed by atoms with Crippen LogP contribution >= 0.6 is 11.3 Å². The van der Waals surface area contributed by atoms with Crippen molar-refractivity contribution in [3.63, 3.8) is 0 Å². The average Bonchev–Trinajstić information content (AvgIpc) is 2.92. The van der Waals surface area contributed by atoms with Crippen molar-refractivity contribution in [1.82, 2.24) is 14.9 Å². The van der Waals surface area contributed by atoms with E-state index in [1.54, 1.807) is 25.3 Å². The largest absolute Gasteiger partial charge is 0.464 e. The molecule has 1 aliphatic rings. The highest BCUT2D eigenvalue weighted by Gasteiger charge is 2.24. The summed E-state index contributed by atoms with van der Waals surface area (Å²) in [5.74, 6) is -0.0800. The molecule has 1 aliphatic heterocycles. The Morgan fingerprint density at radius 3 is 2.88 bits per heavy atom. The lowest BCUT2D eigenvalue weighted by Crippen LogP contribution is -2.39. The number of carbonyl (C=O) groups is 2. The molecule has 134 valence electrons. The molecule has 8 heteroatoms. The van der Waals surface area contributed by atoms with E-state index in [2.05, 4.69) is 10.3 Å². The zero-order valence-electron chi connectivity index (χ0n) is 14.5. The van der Waals surface area contributed by atoms with Crippen LogP contribution in [0, 0.1) is 6.92 Å². The maximum Gasteiger partial charge on any atom is 0.328 e. The molecule has 0 radical (unpaired) electrons. The van der Waals surface area contributed by atoms with Crippen molar-refractivity contribution in [3.05, 3.63) is 26.6 Å². The maximum atomic E-state index is 12.8. The second kappa shape index (κ2) is 6.95. The average molecular weight is 363 g/mol. The van der Waals surface area contributed by atoms with Crippen molar-refractivity contribution in [2.24, 2.45) is 0 Å². The van der Waals surface area contributed by atoms with Crippen molar-refractivity contribution in [2.45, 2.75) is 52.6 Å². The molecule has 0 saturated carbocycles. The highest BCUT2D eigenvalue weighted by Crippen LogP contribution is 2.28. The van der Waals surface area contributed by atoms with E-state index in [0.29, 0.717) is 27.2 Å². The summed E-state index contributed by atoms with van der Waals surface area (Å²) in [6.07, 6.45) is 2.77. The Morgan fingerprint density at radius 1 is 1.40 bits per heavy atom. The second-order valence-electron chi connectivity index (χ2n) is 6.13. The molecule has 7 nitrogen and oxygen atoms in total. The van der Waals surface area contributed by atoms with Crippen LogP contribution in [0.25, 0.3) is 10.2 Å². The number of carbonyl (C=O) groups excluding carboxylic acids is 2. The number of rotatable bonds is 4. The van der Waals surface area contributed by atoms with Gasteiger partial charge in [0, 0.05) is 13.0 Å². The van der Waals surface area contributed by atoms with E-state index in [9.17, 15) is 14.4 Å². The number of hydrogen-bond acceptors (Lipinski definition) is 6. The Kier molecular flexibility index (Phi) is 4.89. The highest BCUT2D eigenvalue weighted by molar-refractivity contribution is 7.20. The first-order chi connectivity index (χ1) is 11.9. The lowest BCUT2D eigenvalue weighted by molar-refractivity contribution is -0.144. The number of nitrogens with zero attached hydrogens (tertiary/aromatic N) is 2. The zero-order valence-corrected chi connectivity index (χ0v) is 15.4. The molecule has 0 saturated heterocycles. The SMILES string of the molecule is CCOC(=O)C(C)NC(=O)c1sc2nc3n(c(=O)c2c1C)CCCC3. The summed E-state index contributed by atoms with van der Waals surface area (Å²) in [7, 11) is 0. The van der Waals surface area contributed by atoms with Gasteiger partial charge in [-0.2, -0.15) is 0 Å².